The van der Waals surface area contributed by atoms with Crippen LogP contribution in [0.15, 0.2) is 12.3 Å². The number of sulfone groups is 1. The van der Waals surface area contributed by atoms with Crippen LogP contribution < -0.4 is 5.32 Å². The van der Waals surface area contributed by atoms with Crippen molar-refractivity contribution < 1.29 is 59.7 Å². The van der Waals surface area contributed by atoms with E-state index < -0.39 is 102 Å². The third kappa shape index (κ3) is 9.64. The topological polar surface area (TPSA) is 204 Å². The molecule has 2 aromatic rings. The number of hydrogen-bond donors (Lipinski definition) is 1. The molecule has 1 saturated carbocycles. The number of hydrogen-bond acceptors (Lipinski definition) is 15. The molecule has 0 radical (unpaired) electrons. The number of fused-ring (bicyclic) bond motifs is 2. The smallest absolute Gasteiger partial charge is 0.351 e. The van der Waals surface area contributed by atoms with E-state index in [1.54, 1.807) is 72.2 Å². The summed E-state index contributed by atoms with van der Waals surface area (Å²) in [4.78, 5) is 29.6. The summed E-state index contributed by atoms with van der Waals surface area (Å²) in [6, 6.07) is 3.53. The molecule has 5 rings (SSSR count). The van der Waals surface area contributed by atoms with E-state index in [4.69, 9.17) is 44.3 Å². The molecule has 16 nitrogen and oxygen atoms in total. The lowest BCUT2D eigenvalue weighted by Crippen LogP contribution is -2.36. The number of carbonyl (C=O) groups excluding carboxylic acids is 2. The Hall–Kier alpha value is -2.88. The summed E-state index contributed by atoms with van der Waals surface area (Å²) in [6.45, 7) is 11.6. The quantitative estimate of drug-likeness (QED) is 0.0797. The normalized spacial score (nSPS) is 25.3. The molecule has 0 bridgehead atoms. The van der Waals surface area contributed by atoms with Crippen molar-refractivity contribution in [3.63, 3.8) is 0 Å². The van der Waals surface area contributed by atoms with E-state index in [1.165, 1.54) is 0 Å². The van der Waals surface area contributed by atoms with Crippen molar-refractivity contribution >= 4 is 57.7 Å². The fourth-order valence-electron chi connectivity index (χ4n) is 6.14. The van der Waals surface area contributed by atoms with Gasteiger partial charge in [-0.15, -0.1) is 0 Å². The van der Waals surface area contributed by atoms with Gasteiger partial charge in [-0.05, 0) is 73.3 Å². The summed E-state index contributed by atoms with van der Waals surface area (Å²) in [7, 11) is -9.09. The van der Waals surface area contributed by atoms with Crippen molar-refractivity contribution in [1.29, 1.82) is 5.26 Å². The third-order valence-electron chi connectivity index (χ3n) is 10.3. The first kappa shape index (κ1) is 43.2. The van der Waals surface area contributed by atoms with Crippen LogP contribution in [0.1, 0.15) is 92.9 Å². The lowest BCUT2D eigenvalue weighted by molar-refractivity contribution is -0.193. The van der Waals surface area contributed by atoms with Gasteiger partial charge in [0.2, 0.25) is 13.6 Å². The van der Waals surface area contributed by atoms with Crippen LogP contribution in [0.2, 0.25) is 5.15 Å². The summed E-state index contributed by atoms with van der Waals surface area (Å²) in [6.07, 6.45) is -1.91. The lowest BCUT2D eigenvalue weighted by Gasteiger charge is -2.31. The molecule has 306 valence electrons. The molecule has 20 heteroatoms. The highest BCUT2D eigenvalue weighted by Gasteiger charge is 2.57. The second-order valence-corrected chi connectivity index (χ2v) is 20.7. The molecule has 4 atom stereocenters. The van der Waals surface area contributed by atoms with Crippen LogP contribution in [0, 0.1) is 22.2 Å². The molecule has 4 heterocycles. The number of esters is 2. The van der Waals surface area contributed by atoms with Gasteiger partial charge in [-0.1, -0.05) is 25.4 Å². The summed E-state index contributed by atoms with van der Waals surface area (Å²) in [5.74, 6) is -3.24. The van der Waals surface area contributed by atoms with Crippen molar-refractivity contribution in [2.45, 2.75) is 124 Å². The number of ether oxygens (including phenoxy) is 5. The number of nitrogens with one attached hydrogen (secondary N) is 1. The zero-order chi connectivity index (χ0) is 40.7. The minimum atomic E-state index is -4.67. The number of aromatic nitrogens is 2. The van der Waals surface area contributed by atoms with Crippen molar-refractivity contribution in [2.24, 2.45) is 10.8 Å². The molecule has 0 amide bonds. The molecule has 2 saturated heterocycles. The van der Waals surface area contributed by atoms with Gasteiger partial charge in [0.25, 0.3) is 0 Å². The van der Waals surface area contributed by atoms with Crippen LogP contribution in [-0.2, 0) is 56.7 Å². The highest BCUT2D eigenvalue weighted by Crippen LogP contribution is 2.51. The Morgan fingerprint density at radius 2 is 1.65 bits per heavy atom. The predicted molar refractivity (Wildman–Crippen MR) is 197 cm³/mol. The first-order chi connectivity index (χ1) is 25.5. The summed E-state index contributed by atoms with van der Waals surface area (Å²) >= 11 is 6.47. The molecule has 2 aliphatic heterocycles. The number of anilines is 1. The lowest BCUT2D eigenvalue weighted by atomic mass is 9.90. The van der Waals surface area contributed by atoms with Crippen LogP contribution in [0.3, 0.4) is 0 Å². The van der Waals surface area contributed by atoms with Gasteiger partial charge in [-0.2, -0.15) is 5.26 Å². The van der Waals surface area contributed by atoms with E-state index in [9.17, 15) is 32.2 Å². The summed E-state index contributed by atoms with van der Waals surface area (Å²) in [5.41, 5.74) is -2.23. The zero-order valence-electron chi connectivity index (χ0n) is 32.1. The molecule has 1 aliphatic carbocycles. The molecular weight excluding hydrogens is 786 g/mol. The Bertz CT molecular complexity index is 1940. The second kappa shape index (κ2) is 16.2. The van der Waals surface area contributed by atoms with E-state index in [0.717, 1.165) is 0 Å². The average Bonchev–Trinajstić information content (AvgIpc) is 3.73. The van der Waals surface area contributed by atoms with Crippen LogP contribution in [0.5, 0.6) is 0 Å². The Balaban J connectivity index is 1.38. The largest absolute Gasteiger partial charge is 0.438 e. The van der Waals surface area contributed by atoms with Crippen LogP contribution in [0.25, 0.3) is 11.0 Å². The number of nitrogens with zero attached hydrogens (tertiary/aromatic N) is 3. The monoisotopic (exact) mass is 834 g/mol. The number of pyridine rings is 1. The molecule has 3 fully saturated rings. The third-order valence-corrected chi connectivity index (χ3v) is 15.2. The van der Waals surface area contributed by atoms with E-state index in [0.29, 0.717) is 23.9 Å². The first-order valence-corrected chi connectivity index (χ1v) is 21.9. The van der Waals surface area contributed by atoms with Gasteiger partial charge in [0.15, 0.2) is 32.5 Å². The van der Waals surface area contributed by atoms with Crippen molar-refractivity contribution in [1.82, 2.24) is 9.55 Å². The average molecular weight is 835 g/mol. The maximum atomic E-state index is 14.0. The highest BCUT2D eigenvalue weighted by atomic mass is 35.5. The molecular formula is C35H49ClFN4O12PS. The van der Waals surface area contributed by atoms with Crippen molar-refractivity contribution in [3.8, 4) is 6.07 Å². The maximum Gasteiger partial charge on any atom is 0.351 e. The number of carbonyl (C=O) groups is 2. The molecule has 3 aliphatic rings. The second-order valence-electron chi connectivity index (χ2n) is 15.7. The molecule has 1 N–H and O–H groups in total. The number of halogens is 2. The van der Waals surface area contributed by atoms with Crippen LogP contribution >= 0.6 is 19.2 Å². The molecule has 0 unspecified atom stereocenters. The molecule has 0 aromatic carbocycles. The first-order valence-electron chi connectivity index (χ1n) is 18.0. The van der Waals surface area contributed by atoms with Gasteiger partial charge >= 0.3 is 19.5 Å². The number of alkyl halides is 1. The number of nitriles is 1. The van der Waals surface area contributed by atoms with Crippen molar-refractivity contribution in [3.05, 3.63) is 23.0 Å². The Morgan fingerprint density at radius 1 is 1.09 bits per heavy atom. The molecule has 0 spiro atoms. The maximum absolute atomic E-state index is 14.0. The minimum absolute atomic E-state index is 0.0894. The van der Waals surface area contributed by atoms with Crippen LogP contribution in [-0.4, -0.2) is 91.1 Å². The Kier molecular flexibility index (Phi) is 12.7. The van der Waals surface area contributed by atoms with Gasteiger partial charge < -0.3 is 33.6 Å². The van der Waals surface area contributed by atoms with E-state index in [1.807, 2.05) is 0 Å². The van der Waals surface area contributed by atoms with E-state index >= 15 is 0 Å². The minimum Gasteiger partial charge on any atom is -0.438 e. The Labute approximate surface area is 325 Å². The fraction of sp³-hybridized carbons (Fsp3) is 0.714. The van der Waals surface area contributed by atoms with Crippen LogP contribution in [0.4, 0.5) is 10.1 Å². The van der Waals surface area contributed by atoms with Gasteiger partial charge in [-0.3, -0.25) is 23.2 Å². The van der Waals surface area contributed by atoms with E-state index in [2.05, 4.69) is 16.4 Å². The van der Waals surface area contributed by atoms with Gasteiger partial charge in [-0.25, -0.2) is 17.8 Å². The van der Waals surface area contributed by atoms with E-state index in [-0.39, 0.29) is 35.2 Å². The molecule has 2 aromatic heterocycles. The van der Waals surface area contributed by atoms with Gasteiger partial charge in [0.1, 0.15) is 41.8 Å². The van der Waals surface area contributed by atoms with Crippen molar-refractivity contribution in [2.75, 3.05) is 30.1 Å². The van der Waals surface area contributed by atoms with Gasteiger partial charge in [0, 0.05) is 17.6 Å². The standard InChI is InChI=1S/C35H49ClFN4O12PS/c1-9-33(3,4)31(42)47-17-49-54(44,50-18-48-32(43)34(5,6)10-2)19-55(45,46)16-24-26-27(53-35(7,8)52-26)30(51-24)41-12-11-22-25(39-21-13-20(37)14-21)23(15-38)28(36)40-29(22)41/h11-12,20-21,24,26-27,30H,9-10,13-14,16-19H2,1-8H3,(H,39,40)/t20?,21?,24-,26-,27-,30-/m1/s1. The SMILES string of the molecule is CCC(C)(C)C(=O)OCOP(=O)(CS(=O)(=O)C[C@H]1O[C@@H](n2ccc3c(NC4CC(F)C4)c(C#N)c(Cl)nc32)[C@@H]2OC(C)(C)O[C@@H]21)OCOC(=O)C(C)(C)CC. The van der Waals surface area contributed by atoms with Gasteiger partial charge in [0.05, 0.1) is 22.3 Å². The Morgan fingerprint density at radius 3 is 2.18 bits per heavy atom. The fourth-order valence-corrected chi connectivity index (χ4v) is 10.6. The molecule has 55 heavy (non-hydrogen) atoms. The predicted octanol–water partition coefficient (Wildman–Crippen LogP) is 6.36. The summed E-state index contributed by atoms with van der Waals surface area (Å²) in [5, 5.41) is 13.5. The highest BCUT2D eigenvalue weighted by molar-refractivity contribution is 7.97. The number of rotatable bonds is 17. The zero-order valence-corrected chi connectivity index (χ0v) is 34.6. The summed E-state index contributed by atoms with van der Waals surface area (Å²) < 4.78 is 96.5.